The molecular weight excluding hydrogens is 382 g/mol. The second kappa shape index (κ2) is 8.96. The third-order valence-corrected chi connectivity index (χ3v) is 5.03. The van der Waals surface area contributed by atoms with Crippen molar-refractivity contribution in [2.45, 2.75) is 18.7 Å². The van der Waals surface area contributed by atoms with Crippen LogP contribution >= 0.6 is 0 Å². The van der Waals surface area contributed by atoms with Crippen LogP contribution in [0.15, 0.2) is 29.3 Å². The molecule has 2 rings (SSSR count). The number of nitrogens with zero attached hydrogens (tertiary/aromatic N) is 4. The van der Waals surface area contributed by atoms with Gasteiger partial charge in [0.1, 0.15) is 22.1 Å². The molecule has 1 N–H and O–H groups in total. The molecule has 154 valence electrons. The first kappa shape index (κ1) is 21.5. The lowest BCUT2D eigenvalue weighted by Gasteiger charge is -2.20. The summed E-state index contributed by atoms with van der Waals surface area (Å²) in [4.78, 5) is 12.1. The second-order valence-corrected chi connectivity index (χ2v) is 7.93. The summed E-state index contributed by atoms with van der Waals surface area (Å²) in [7, 11) is 3.21. The SMILES string of the molecule is CCOc1ccc(OCC)c(S(=O)(=O)Nc2cnc(N(C)C)nc2N(C)C)c1. The van der Waals surface area contributed by atoms with Crippen molar-refractivity contribution >= 4 is 27.5 Å². The van der Waals surface area contributed by atoms with Crippen molar-refractivity contribution < 1.29 is 17.9 Å². The first-order chi connectivity index (χ1) is 13.2. The van der Waals surface area contributed by atoms with Crippen LogP contribution in [0.2, 0.25) is 0 Å². The molecule has 1 heterocycles. The van der Waals surface area contributed by atoms with Crippen molar-refractivity contribution in [1.82, 2.24) is 9.97 Å². The number of aromatic nitrogens is 2. The first-order valence-electron chi connectivity index (χ1n) is 8.83. The average Bonchev–Trinajstić information content (AvgIpc) is 2.63. The third kappa shape index (κ3) is 4.94. The predicted octanol–water partition coefficient (Wildman–Crippen LogP) is 2.21. The minimum absolute atomic E-state index is 0.0123. The number of ether oxygens (including phenoxy) is 2. The molecule has 0 saturated heterocycles. The summed E-state index contributed by atoms with van der Waals surface area (Å²) in [6.45, 7) is 4.37. The zero-order chi connectivity index (χ0) is 20.9. The van der Waals surface area contributed by atoms with E-state index in [4.69, 9.17) is 9.47 Å². The van der Waals surface area contributed by atoms with Gasteiger partial charge in [-0.25, -0.2) is 13.4 Å². The second-order valence-electron chi connectivity index (χ2n) is 6.28. The Kier molecular flexibility index (Phi) is 6.90. The monoisotopic (exact) mass is 409 g/mol. The van der Waals surface area contributed by atoms with Gasteiger partial charge in [-0.15, -0.1) is 0 Å². The van der Waals surface area contributed by atoms with Gasteiger partial charge in [0.05, 0.1) is 19.4 Å². The highest BCUT2D eigenvalue weighted by molar-refractivity contribution is 7.92. The molecule has 0 fully saturated rings. The van der Waals surface area contributed by atoms with Crippen LogP contribution in [0.1, 0.15) is 13.8 Å². The van der Waals surface area contributed by atoms with E-state index < -0.39 is 10.0 Å². The average molecular weight is 410 g/mol. The molecule has 0 amide bonds. The molecule has 0 atom stereocenters. The molecule has 0 aliphatic rings. The summed E-state index contributed by atoms with van der Waals surface area (Å²) in [6, 6.07) is 4.70. The van der Waals surface area contributed by atoms with E-state index in [1.807, 2.05) is 21.0 Å². The molecule has 10 heteroatoms. The van der Waals surface area contributed by atoms with Crippen LogP contribution < -0.4 is 24.0 Å². The maximum atomic E-state index is 13.1. The van der Waals surface area contributed by atoms with Gasteiger partial charge in [0.2, 0.25) is 5.95 Å². The van der Waals surface area contributed by atoms with Crippen LogP contribution in [0.5, 0.6) is 11.5 Å². The van der Waals surface area contributed by atoms with E-state index in [1.54, 1.807) is 43.0 Å². The summed E-state index contributed by atoms with van der Waals surface area (Å²) in [5.41, 5.74) is 0.264. The number of nitrogens with one attached hydrogen (secondary N) is 1. The molecule has 0 bridgehead atoms. The van der Waals surface area contributed by atoms with Crippen molar-refractivity contribution in [3.63, 3.8) is 0 Å². The van der Waals surface area contributed by atoms with Gasteiger partial charge in [-0.2, -0.15) is 4.98 Å². The van der Waals surface area contributed by atoms with Crippen molar-refractivity contribution in [2.75, 3.05) is 55.9 Å². The van der Waals surface area contributed by atoms with Gasteiger partial charge in [0.15, 0.2) is 5.82 Å². The highest BCUT2D eigenvalue weighted by atomic mass is 32.2. The molecular formula is C18H27N5O4S. The number of anilines is 3. The van der Waals surface area contributed by atoms with Gasteiger partial charge in [0, 0.05) is 34.3 Å². The number of benzene rings is 1. The molecule has 2 aromatic rings. The summed E-state index contributed by atoms with van der Waals surface area (Å²) in [5, 5.41) is 0. The fourth-order valence-corrected chi connectivity index (χ4v) is 3.63. The smallest absolute Gasteiger partial charge is 0.265 e. The Hall–Kier alpha value is -2.75. The number of sulfonamides is 1. The van der Waals surface area contributed by atoms with Crippen LogP contribution in [-0.2, 0) is 10.0 Å². The Bertz CT molecular complexity index is 916. The van der Waals surface area contributed by atoms with E-state index >= 15 is 0 Å². The molecule has 0 aliphatic carbocycles. The van der Waals surface area contributed by atoms with Crippen molar-refractivity contribution in [3.05, 3.63) is 24.4 Å². The first-order valence-corrected chi connectivity index (χ1v) is 10.3. The van der Waals surface area contributed by atoms with E-state index in [9.17, 15) is 8.42 Å². The van der Waals surface area contributed by atoms with Gasteiger partial charge in [-0.3, -0.25) is 4.72 Å². The van der Waals surface area contributed by atoms with E-state index in [-0.39, 0.29) is 16.3 Å². The fourth-order valence-electron chi connectivity index (χ4n) is 2.42. The predicted molar refractivity (Wildman–Crippen MR) is 110 cm³/mol. The van der Waals surface area contributed by atoms with Crippen LogP contribution in [0.25, 0.3) is 0 Å². The molecule has 0 radical (unpaired) electrons. The Labute approximate surface area is 166 Å². The normalized spacial score (nSPS) is 11.1. The molecule has 0 aliphatic heterocycles. The summed E-state index contributed by atoms with van der Waals surface area (Å²) >= 11 is 0. The fraction of sp³-hybridized carbons (Fsp3) is 0.444. The highest BCUT2D eigenvalue weighted by Gasteiger charge is 2.24. The minimum Gasteiger partial charge on any atom is -0.494 e. The quantitative estimate of drug-likeness (QED) is 0.673. The van der Waals surface area contributed by atoms with E-state index in [0.29, 0.717) is 30.7 Å². The third-order valence-electron chi connectivity index (χ3n) is 3.64. The Morgan fingerprint density at radius 3 is 2.29 bits per heavy atom. The van der Waals surface area contributed by atoms with Crippen molar-refractivity contribution in [2.24, 2.45) is 0 Å². The number of hydrogen-bond acceptors (Lipinski definition) is 8. The van der Waals surface area contributed by atoms with E-state index in [1.165, 1.54) is 12.3 Å². The molecule has 1 aromatic heterocycles. The molecule has 1 aromatic carbocycles. The van der Waals surface area contributed by atoms with Crippen molar-refractivity contribution in [1.29, 1.82) is 0 Å². The van der Waals surface area contributed by atoms with Crippen LogP contribution in [0, 0.1) is 0 Å². The molecule has 28 heavy (non-hydrogen) atoms. The summed E-state index contributed by atoms with van der Waals surface area (Å²) < 4.78 is 39.7. The number of rotatable bonds is 9. The van der Waals surface area contributed by atoms with Crippen LogP contribution in [0.4, 0.5) is 17.5 Å². The summed E-state index contributed by atoms with van der Waals surface area (Å²) in [5.74, 6) is 1.61. The molecule has 0 spiro atoms. The Balaban J connectivity index is 2.50. The zero-order valence-corrected chi connectivity index (χ0v) is 17.9. The lowest BCUT2D eigenvalue weighted by Crippen LogP contribution is -2.21. The zero-order valence-electron chi connectivity index (χ0n) is 17.1. The standard InChI is InChI=1S/C18H27N5O4S/c1-7-26-13-9-10-15(27-8-2)16(11-13)28(24,25)21-14-12-19-18(23(5)6)20-17(14)22(3)4/h9-12,21H,7-8H2,1-6H3. The molecule has 0 saturated carbocycles. The van der Waals surface area contributed by atoms with E-state index in [0.717, 1.165) is 0 Å². The van der Waals surface area contributed by atoms with Gasteiger partial charge in [-0.1, -0.05) is 0 Å². The highest BCUT2D eigenvalue weighted by Crippen LogP contribution is 2.32. The van der Waals surface area contributed by atoms with Gasteiger partial charge < -0.3 is 19.3 Å². The Morgan fingerprint density at radius 2 is 1.71 bits per heavy atom. The minimum atomic E-state index is -3.97. The molecule has 0 unspecified atom stereocenters. The Morgan fingerprint density at radius 1 is 1.04 bits per heavy atom. The maximum Gasteiger partial charge on any atom is 0.265 e. The largest absolute Gasteiger partial charge is 0.494 e. The topological polar surface area (TPSA) is 96.9 Å². The summed E-state index contributed by atoms with van der Waals surface area (Å²) in [6.07, 6.45) is 1.45. The lowest BCUT2D eigenvalue weighted by atomic mass is 10.3. The van der Waals surface area contributed by atoms with E-state index in [2.05, 4.69) is 14.7 Å². The van der Waals surface area contributed by atoms with Gasteiger partial charge in [-0.05, 0) is 26.0 Å². The van der Waals surface area contributed by atoms with Gasteiger partial charge in [0.25, 0.3) is 10.0 Å². The molecule has 9 nitrogen and oxygen atoms in total. The number of hydrogen-bond donors (Lipinski definition) is 1. The van der Waals surface area contributed by atoms with Crippen LogP contribution in [0.3, 0.4) is 0 Å². The van der Waals surface area contributed by atoms with Crippen molar-refractivity contribution in [3.8, 4) is 11.5 Å². The maximum absolute atomic E-state index is 13.1. The lowest BCUT2D eigenvalue weighted by molar-refractivity contribution is 0.322. The van der Waals surface area contributed by atoms with Gasteiger partial charge >= 0.3 is 0 Å². The van der Waals surface area contributed by atoms with Crippen LogP contribution in [-0.4, -0.2) is 59.8 Å².